The molecule has 2 aliphatic rings. The van der Waals surface area contributed by atoms with Crippen molar-refractivity contribution in [3.05, 3.63) is 0 Å². The molecule has 2 fully saturated rings. The lowest BCUT2D eigenvalue weighted by atomic mass is 9.80. The number of rotatable bonds is 4. The SMILES string of the molecule is CNC(CC1CCCCC1)C1(C)CCCO1. The third-order valence-electron chi connectivity index (χ3n) is 4.63. The van der Waals surface area contributed by atoms with E-state index in [4.69, 9.17) is 4.74 Å². The zero-order valence-corrected chi connectivity index (χ0v) is 10.9. The maximum atomic E-state index is 5.97. The van der Waals surface area contributed by atoms with E-state index < -0.39 is 0 Å². The first-order valence-electron chi connectivity index (χ1n) is 7.06. The highest BCUT2D eigenvalue weighted by atomic mass is 16.5. The Morgan fingerprint density at radius 1 is 1.25 bits per heavy atom. The Balaban J connectivity index is 1.88. The molecule has 0 bridgehead atoms. The van der Waals surface area contributed by atoms with Crippen molar-refractivity contribution < 1.29 is 4.74 Å². The zero-order valence-electron chi connectivity index (χ0n) is 10.9. The summed E-state index contributed by atoms with van der Waals surface area (Å²) in [4.78, 5) is 0. The average molecular weight is 225 g/mol. The molecule has 0 aromatic carbocycles. The molecule has 16 heavy (non-hydrogen) atoms. The molecule has 1 saturated heterocycles. The lowest BCUT2D eigenvalue weighted by Gasteiger charge is -2.36. The van der Waals surface area contributed by atoms with Gasteiger partial charge < -0.3 is 10.1 Å². The molecule has 0 aromatic rings. The summed E-state index contributed by atoms with van der Waals surface area (Å²) in [7, 11) is 2.10. The quantitative estimate of drug-likeness (QED) is 0.794. The molecule has 1 N–H and O–H groups in total. The molecule has 1 saturated carbocycles. The molecule has 2 unspecified atom stereocenters. The van der Waals surface area contributed by atoms with Crippen LogP contribution in [0.5, 0.6) is 0 Å². The third-order valence-corrected chi connectivity index (χ3v) is 4.63. The normalized spacial score (nSPS) is 34.1. The van der Waals surface area contributed by atoms with Crippen molar-refractivity contribution >= 4 is 0 Å². The minimum Gasteiger partial charge on any atom is -0.374 e. The molecule has 2 heteroatoms. The van der Waals surface area contributed by atoms with Crippen LogP contribution in [0.4, 0.5) is 0 Å². The highest BCUT2D eigenvalue weighted by Crippen LogP contribution is 2.35. The van der Waals surface area contributed by atoms with Crippen LogP contribution < -0.4 is 5.32 Å². The monoisotopic (exact) mass is 225 g/mol. The van der Waals surface area contributed by atoms with Gasteiger partial charge in [0.1, 0.15) is 0 Å². The molecular formula is C14H27NO. The maximum absolute atomic E-state index is 5.97. The van der Waals surface area contributed by atoms with Crippen LogP contribution in [-0.2, 0) is 4.74 Å². The van der Waals surface area contributed by atoms with Gasteiger partial charge in [-0.1, -0.05) is 32.1 Å². The molecule has 1 aliphatic heterocycles. The highest BCUT2D eigenvalue weighted by Gasteiger charge is 2.38. The molecule has 2 rings (SSSR count). The van der Waals surface area contributed by atoms with Crippen LogP contribution >= 0.6 is 0 Å². The summed E-state index contributed by atoms with van der Waals surface area (Å²) in [5.41, 5.74) is 0.103. The summed E-state index contributed by atoms with van der Waals surface area (Å²) in [6.45, 7) is 3.25. The van der Waals surface area contributed by atoms with Crippen molar-refractivity contribution in [1.82, 2.24) is 5.32 Å². The fourth-order valence-electron chi connectivity index (χ4n) is 3.50. The number of ether oxygens (including phenoxy) is 1. The minimum atomic E-state index is 0.103. The van der Waals surface area contributed by atoms with E-state index in [-0.39, 0.29) is 5.60 Å². The lowest BCUT2D eigenvalue weighted by Crippen LogP contribution is -2.48. The van der Waals surface area contributed by atoms with Crippen LogP contribution in [0.1, 0.15) is 58.3 Å². The number of hydrogen-bond donors (Lipinski definition) is 1. The Bertz CT molecular complexity index is 205. The van der Waals surface area contributed by atoms with E-state index in [1.165, 1.54) is 51.4 Å². The van der Waals surface area contributed by atoms with Crippen LogP contribution in [0.25, 0.3) is 0 Å². The Morgan fingerprint density at radius 2 is 2.00 bits per heavy atom. The molecule has 1 aliphatic carbocycles. The molecule has 0 radical (unpaired) electrons. The first-order chi connectivity index (χ1) is 7.74. The second kappa shape index (κ2) is 5.50. The second-order valence-corrected chi connectivity index (χ2v) is 5.85. The number of hydrogen-bond acceptors (Lipinski definition) is 2. The third kappa shape index (κ3) is 2.78. The van der Waals surface area contributed by atoms with E-state index in [0.29, 0.717) is 6.04 Å². The molecule has 0 aromatic heterocycles. The van der Waals surface area contributed by atoms with E-state index >= 15 is 0 Å². The van der Waals surface area contributed by atoms with Gasteiger partial charge in [-0.2, -0.15) is 0 Å². The molecule has 0 spiro atoms. The van der Waals surface area contributed by atoms with Gasteiger partial charge >= 0.3 is 0 Å². The Kier molecular flexibility index (Phi) is 4.26. The van der Waals surface area contributed by atoms with Gasteiger partial charge in [0.25, 0.3) is 0 Å². The summed E-state index contributed by atoms with van der Waals surface area (Å²) >= 11 is 0. The summed E-state index contributed by atoms with van der Waals surface area (Å²) < 4.78 is 5.97. The first kappa shape index (κ1) is 12.4. The summed E-state index contributed by atoms with van der Waals surface area (Å²) in [5, 5.41) is 3.51. The molecular weight excluding hydrogens is 198 g/mol. The smallest absolute Gasteiger partial charge is 0.0807 e. The summed E-state index contributed by atoms with van der Waals surface area (Å²) in [5.74, 6) is 0.937. The van der Waals surface area contributed by atoms with Gasteiger partial charge in [0.05, 0.1) is 5.60 Å². The van der Waals surface area contributed by atoms with Crippen molar-refractivity contribution in [3.8, 4) is 0 Å². The van der Waals surface area contributed by atoms with E-state index in [0.717, 1.165) is 12.5 Å². The van der Waals surface area contributed by atoms with Gasteiger partial charge in [0, 0.05) is 12.6 Å². The molecule has 2 nitrogen and oxygen atoms in total. The van der Waals surface area contributed by atoms with Crippen molar-refractivity contribution in [2.75, 3.05) is 13.7 Å². The van der Waals surface area contributed by atoms with Crippen molar-refractivity contribution in [2.24, 2.45) is 5.92 Å². The number of likely N-dealkylation sites (N-methyl/N-ethyl adjacent to an activating group) is 1. The van der Waals surface area contributed by atoms with Crippen LogP contribution in [0.2, 0.25) is 0 Å². The van der Waals surface area contributed by atoms with Crippen LogP contribution in [-0.4, -0.2) is 25.3 Å². The molecule has 94 valence electrons. The predicted molar refractivity (Wildman–Crippen MR) is 67.6 cm³/mol. The highest BCUT2D eigenvalue weighted by molar-refractivity contribution is 4.93. The van der Waals surface area contributed by atoms with Crippen LogP contribution in [0.15, 0.2) is 0 Å². The zero-order chi connectivity index (χ0) is 11.4. The topological polar surface area (TPSA) is 21.3 Å². The Labute approximate surface area is 100 Å². The number of nitrogens with one attached hydrogen (secondary N) is 1. The van der Waals surface area contributed by atoms with Crippen LogP contribution in [0, 0.1) is 5.92 Å². The van der Waals surface area contributed by atoms with Gasteiger partial charge in [-0.05, 0) is 39.2 Å². The summed E-state index contributed by atoms with van der Waals surface area (Å²) in [6, 6.07) is 0.554. The molecule has 2 atom stereocenters. The van der Waals surface area contributed by atoms with Gasteiger partial charge in [-0.15, -0.1) is 0 Å². The standard InChI is InChI=1S/C14H27NO/c1-14(9-6-10-16-14)13(15-2)11-12-7-4-3-5-8-12/h12-13,15H,3-11H2,1-2H3. The lowest BCUT2D eigenvalue weighted by molar-refractivity contribution is -0.0174. The van der Waals surface area contributed by atoms with E-state index in [2.05, 4.69) is 19.3 Å². The van der Waals surface area contributed by atoms with E-state index in [1.54, 1.807) is 0 Å². The van der Waals surface area contributed by atoms with E-state index in [1.807, 2.05) is 0 Å². The maximum Gasteiger partial charge on any atom is 0.0807 e. The minimum absolute atomic E-state index is 0.103. The molecule has 1 heterocycles. The Hall–Kier alpha value is -0.0800. The predicted octanol–water partition coefficient (Wildman–Crippen LogP) is 3.11. The second-order valence-electron chi connectivity index (χ2n) is 5.85. The summed E-state index contributed by atoms with van der Waals surface area (Å²) in [6.07, 6.45) is 11.0. The van der Waals surface area contributed by atoms with Crippen LogP contribution in [0.3, 0.4) is 0 Å². The van der Waals surface area contributed by atoms with Gasteiger partial charge in [0.15, 0.2) is 0 Å². The van der Waals surface area contributed by atoms with Gasteiger partial charge in [-0.25, -0.2) is 0 Å². The average Bonchev–Trinajstić information content (AvgIpc) is 2.75. The fourth-order valence-corrected chi connectivity index (χ4v) is 3.50. The van der Waals surface area contributed by atoms with Gasteiger partial charge in [0.2, 0.25) is 0 Å². The fraction of sp³-hybridized carbons (Fsp3) is 1.00. The van der Waals surface area contributed by atoms with Crippen molar-refractivity contribution in [2.45, 2.75) is 69.9 Å². The Morgan fingerprint density at radius 3 is 2.56 bits per heavy atom. The largest absolute Gasteiger partial charge is 0.374 e. The molecule has 0 amide bonds. The van der Waals surface area contributed by atoms with Crippen molar-refractivity contribution in [3.63, 3.8) is 0 Å². The first-order valence-corrected chi connectivity index (χ1v) is 7.06. The van der Waals surface area contributed by atoms with Crippen molar-refractivity contribution in [1.29, 1.82) is 0 Å². The van der Waals surface area contributed by atoms with Gasteiger partial charge in [-0.3, -0.25) is 0 Å². The van der Waals surface area contributed by atoms with E-state index in [9.17, 15) is 0 Å².